The summed E-state index contributed by atoms with van der Waals surface area (Å²) < 4.78 is 15.1. The summed E-state index contributed by atoms with van der Waals surface area (Å²) in [4.78, 5) is 40.1. The van der Waals surface area contributed by atoms with Gasteiger partial charge in [-0.1, -0.05) is 12.1 Å². The normalized spacial score (nSPS) is 13.6. The highest BCUT2D eigenvalue weighted by Crippen LogP contribution is 2.29. The van der Waals surface area contributed by atoms with Crippen molar-refractivity contribution < 1.29 is 28.6 Å². The van der Waals surface area contributed by atoms with E-state index < -0.39 is 23.6 Å². The van der Waals surface area contributed by atoms with Gasteiger partial charge in [-0.2, -0.15) is 0 Å². The van der Waals surface area contributed by atoms with Gasteiger partial charge in [-0.05, 0) is 51.1 Å². The summed E-state index contributed by atoms with van der Waals surface area (Å²) in [5.74, 6) is -1.39. The zero-order chi connectivity index (χ0) is 22.5. The van der Waals surface area contributed by atoms with E-state index in [9.17, 15) is 14.4 Å². The van der Waals surface area contributed by atoms with Crippen molar-refractivity contribution in [2.24, 2.45) is 0 Å². The maximum absolute atomic E-state index is 12.5. The maximum atomic E-state index is 12.5. The van der Waals surface area contributed by atoms with Gasteiger partial charge in [0.15, 0.2) is 0 Å². The number of hydrogen-bond acceptors (Lipinski definition) is 7. The molecule has 1 aliphatic heterocycles. The number of anilines is 2. The van der Waals surface area contributed by atoms with E-state index in [1.165, 1.54) is 30.1 Å². The fourth-order valence-corrected chi connectivity index (χ4v) is 2.65. The quantitative estimate of drug-likeness (QED) is 0.550. The molecule has 1 aliphatic rings. The van der Waals surface area contributed by atoms with Gasteiger partial charge in [-0.3, -0.25) is 4.90 Å². The molecule has 0 saturated carbocycles. The van der Waals surface area contributed by atoms with Crippen LogP contribution in [0.1, 0.15) is 20.8 Å². The third-order valence-electron chi connectivity index (χ3n) is 4.05. The first-order valence-electron chi connectivity index (χ1n) is 9.21. The molecule has 30 heavy (non-hydrogen) atoms. The lowest BCUT2D eigenvalue weighted by molar-refractivity contribution is -0.139. The van der Waals surface area contributed by atoms with Crippen LogP contribution in [0.5, 0.6) is 0 Å². The second-order valence-electron chi connectivity index (χ2n) is 7.38. The smallest absolute Gasteiger partial charge is 0.414 e. The van der Waals surface area contributed by atoms with E-state index in [0.29, 0.717) is 11.4 Å². The minimum atomic E-state index is -0.711. The number of carbonyl (C=O) groups excluding carboxylic acids is 3. The molecule has 1 aromatic rings. The van der Waals surface area contributed by atoms with E-state index in [2.05, 4.69) is 0 Å². The third kappa shape index (κ3) is 5.28. The van der Waals surface area contributed by atoms with Crippen molar-refractivity contribution >= 4 is 29.4 Å². The van der Waals surface area contributed by atoms with Gasteiger partial charge in [0, 0.05) is 24.6 Å². The second kappa shape index (κ2) is 9.30. The van der Waals surface area contributed by atoms with Crippen molar-refractivity contribution in [1.29, 1.82) is 0 Å². The number of nitrogens with zero attached hydrogens (tertiary/aromatic N) is 2. The summed E-state index contributed by atoms with van der Waals surface area (Å²) in [6, 6.07) is 6.89. The van der Waals surface area contributed by atoms with Gasteiger partial charge in [0.05, 0.1) is 19.8 Å². The Hall–Kier alpha value is -3.55. The molecule has 0 N–H and O–H groups in total. The first-order chi connectivity index (χ1) is 14.1. The molecule has 160 valence electrons. The molecule has 0 bridgehead atoms. The molecule has 0 aromatic heterocycles. The summed E-state index contributed by atoms with van der Waals surface area (Å²) in [6.45, 7) is 5.35. The van der Waals surface area contributed by atoms with Crippen molar-refractivity contribution in [3.63, 3.8) is 0 Å². The Balaban J connectivity index is 2.51. The lowest BCUT2D eigenvalue weighted by atomic mass is 10.1. The fraction of sp³-hybridized carbons (Fsp3) is 0.318. The van der Waals surface area contributed by atoms with Gasteiger partial charge < -0.3 is 19.1 Å². The maximum Gasteiger partial charge on any atom is 0.414 e. The van der Waals surface area contributed by atoms with Gasteiger partial charge in [0.2, 0.25) is 0 Å². The SMILES string of the molecule is COC(=O)C1=C(C(=O)OC)N(c2cccc(N(C)C(=O)OC(C)(C)C)c2)C=CC=C1. The van der Waals surface area contributed by atoms with Gasteiger partial charge in [-0.15, -0.1) is 0 Å². The Bertz CT molecular complexity index is 924. The molecular weight excluding hydrogens is 388 g/mol. The van der Waals surface area contributed by atoms with E-state index in [1.807, 2.05) is 0 Å². The van der Waals surface area contributed by atoms with Crippen LogP contribution in [0, 0.1) is 0 Å². The average Bonchev–Trinajstić information content (AvgIpc) is 2.93. The second-order valence-corrected chi connectivity index (χ2v) is 7.38. The van der Waals surface area contributed by atoms with Crippen LogP contribution in [0.3, 0.4) is 0 Å². The van der Waals surface area contributed by atoms with Crippen LogP contribution >= 0.6 is 0 Å². The van der Waals surface area contributed by atoms with E-state index in [4.69, 9.17) is 14.2 Å². The molecule has 8 heteroatoms. The first kappa shape index (κ1) is 22.7. The molecule has 0 saturated heterocycles. The van der Waals surface area contributed by atoms with Gasteiger partial charge in [-0.25, -0.2) is 14.4 Å². The first-order valence-corrected chi connectivity index (χ1v) is 9.21. The topological polar surface area (TPSA) is 85.4 Å². The van der Waals surface area contributed by atoms with Crippen molar-refractivity contribution in [2.75, 3.05) is 31.1 Å². The van der Waals surface area contributed by atoms with Crippen LogP contribution in [0.4, 0.5) is 16.2 Å². The number of esters is 2. The van der Waals surface area contributed by atoms with Crippen LogP contribution in [0.15, 0.2) is 60.0 Å². The summed E-state index contributed by atoms with van der Waals surface area (Å²) >= 11 is 0. The van der Waals surface area contributed by atoms with E-state index in [-0.39, 0.29) is 11.3 Å². The number of amides is 1. The van der Waals surface area contributed by atoms with Crippen LogP contribution in [0.2, 0.25) is 0 Å². The van der Waals surface area contributed by atoms with Crippen LogP contribution in [0.25, 0.3) is 0 Å². The van der Waals surface area contributed by atoms with Crippen molar-refractivity contribution in [1.82, 2.24) is 0 Å². The molecule has 0 fully saturated rings. The molecule has 0 unspecified atom stereocenters. The number of benzene rings is 1. The average molecular weight is 414 g/mol. The van der Waals surface area contributed by atoms with Crippen molar-refractivity contribution in [3.8, 4) is 0 Å². The Morgan fingerprint density at radius 2 is 1.67 bits per heavy atom. The number of methoxy groups -OCH3 is 2. The monoisotopic (exact) mass is 414 g/mol. The summed E-state index contributed by atoms with van der Waals surface area (Å²) in [6.07, 6.45) is 5.86. The van der Waals surface area contributed by atoms with E-state index in [1.54, 1.807) is 70.4 Å². The fourth-order valence-electron chi connectivity index (χ4n) is 2.65. The minimum absolute atomic E-state index is 0.00794. The molecule has 0 spiro atoms. The van der Waals surface area contributed by atoms with Crippen LogP contribution < -0.4 is 9.80 Å². The van der Waals surface area contributed by atoms with Crippen molar-refractivity contribution in [2.45, 2.75) is 26.4 Å². The number of allylic oxidation sites excluding steroid dienone is 2. The molecule has 1 amide bonds. The predicted molar refractivity (Wildman–Crippen MR) is 113 cm³/mol. The third-order valence-corrected chi connectivity index (χ3v) is 4.05. The summed E-state index contributed by atoms with van der Waals surface area (Å²) in [5, 5.41) is 0. The van der Waals surface area contributed by atoms with Crippen molar-refractivity contribution in [3.05, 3.63) is 60.0 Å². The summed E-state index contributed by atoms with van der Waals surface area (Å²) in [5.41, 5.74) is 0.464. The van der Waals surface area contributed by atoms with E-state index in [0.717, 1.165) is 0 Å². The zero-order valence-electron chi connectivity index (χ0n) is 18.0. The van der Waals surface area contributed by atoms with Crippen LogP contribution in [-0.4, -0.2) is 44.9 Å². The number of hydrogen-bond donors (Lipinski definition) is 0. The molecule has 1 aromatic carbocycles. The Labute approximate surface area is 176 Å². The Kier molecular flexibility index (Phi) is 7.05. The van der Waals surface area contributed by atoms with Gasteiger partial charge in [0.1, 0.15) is 11.3 Å². The highest BCUT2D eigenvalue weighted by Gasteiger charge is 2.28. The molecule has 2 rings (SSSR count). The summed E-state index contributed by atoms with van der Waals surface area (Å²) in [7, 11) is 4.05. The molecule has 8 nitrogen and oxygen atoms in total. The molecule has 0 atom stereocenters. The lowest BCUT2D eigenvalue weighted by Gasteiger charge is -2.27. The molecular formula is C22H26N2O6. The Morgan fingerprint density at radius 3 is 2.27 bits per heavy atom. The van der Waals surface area contributed by atoms with Gasteiger partial charge >= 0.3 is 18.0 Å². The number of ether oxygens (including phenoxy) is 3. The predicted octanol–water partition coefficient (Wildman–Crippen LogP) is 3.55. The Morgan fingerprint density at radius 1 is 1.00 bits per heavy atom. The number of carbonyl (C=O) groups is 3. The highest BCUT2D eigenvalue weighted by atomic mass is 16.6. The zero-order valence-corrected chi connectivity index (χ0v) is 18.0. The lowest BCUT2D eigenvalue weighted by Crippen LogP contribution is -2.34. The number of rotatable bonds is 4. The molecule has 0 aliphatic carbocycles. The van der Waals surface area contributed by atoms with Gasteiger partial charge in [0.25, 0.3) is 0 Å². The standard InChI is InChI=1S/C22H26N2O6/c1-22(2,3)30-21(27)23(4)15-10-9-11-16(14-15)24-13-8-7-12-17(19(25)28-5)18(24)20(26)29-6/h7-14H,1-6H3. The molecule has 0 radical (unpaired) electrons. The largest absolute Gasteiger partial charge is 0.465 e. The van der Waals surface area contributed by atoms with Crippen LogP contribution in [-0.2, 0) is 23.8 Å². The molecule has 1 heterocycles. The van der Waals surface area contributed by atoms with E-state index >= 15 is 0 Å². The minimum Gasteiger partial charge on any atom is -0.465 e. The highest BCUT2D eigenvalue weighted by molar-refractivity contribution is 6.05.